The van der Waals surface area contributed by atoms with Gasteiger partial charge in [0.25, 0.3) is 11.5 Å². The predicted octanol–water partition coefficient (Wildman–Crippen LogP) is 0.0764. The SMILES string of the molecule is CS(=O)(=O)n1ccn(S(C)(=O)=O)c1=NN=Nc1ccc(C(=O)NCCNC(=O)CCCCC2SCC3NC(=O)NC32)cc1. The fourth-order valence-electron chi connectivity index (χ4n) is 4.59. The molecule has 3 heterocycles. The smallest absolute Gasteiger partial charge is 0.315 e. The van der Waals surface area contributed by atoms with Crippen LogP contribution in [-0.2, 0) is 24.8 Å². The lowest BCUT2D eigenvalue weighted by Crippen LogP contribution is -2.36. The van der Waals surface area contributed by atoms with Gasteiger partial charge in [-0.3, -0.25) is 9.59 Å². The number of carbonyl (C=O) groups is 3. The summed E-state index contributed by atoms with van der Waals surface area (Å²) in [5.41, 5.74) is 0.145. The second kappa shape index (κ2) is 13.7. The second-order valence-corrected chi connectivity index (χ2v) is 15.0. The van der Waals surface area contributed by atoms with Crippen LogP contribution in [0, 0.1) is 0 Å². The van der Waals surface area contributed by atoms with Gasteiger partial charge in [-0.25, -0.2) is 29.6 Å². The molecule has 19 heteroatoms. The van der Waals surface area contributed by atoms with Crippen LogP contribution in [0.25, 0.3) is 0 Å². The molecule has 0 radical (unpaired) electrons. The number of nitrogens with zero attached hydrogens (tertiary/aromatic N) is 5. The minimum absolute atomic E-state index is 0.0898. The van der Waals surface area contributed by atoms with Crippen LogP contribution in [0.1, 0.15) is 36.0 Å². The van der Waals surface area contributed by atoms with Gasteiger partial charge in [-0.1, -0.05) is 11.5 Å². The van der Waals surface area contributed by atoms with Crippen molar-refractivity contribution in [1.82, 2.24) is 29.2 Å². The third kappa shape index (κ3) is 8.66. The van der Waals surface area contributed by atoms with E-state index in [1.165, 1.54) is 24.3 Å². The highest BCUT2D eigenvalue weighted by atomic mass is 32.2. The molecule has 2 fully saturated rings. The summed E-state index contributed by atoms with van der Waals surface area (Å²) in [7, 11) is -7.71. The molecule has 4 N–H and O–H groups in total. The fraction of sp³-hybridized carbons (Fsp3) is 0.500. The van der Waals surface area contributed by atoms with Crippen molar-refractivity contribution < 1.29 is 31.2 Å². The Morgan fingerprint density at radius 1 is 0.977 bits per heavy atom. The molecule has 4 rings (SSSR count). The zero-order valence-corrected chi connectivity index (χ0v) is 25.9. The maximum absolute atomic E-state index is 12.4. The Kier molecular flexibility index (Phi) is 10.3. The van der Waals surface area contributed by atoms with E-state index in [4.69, 9.17) is 0 Å². The zero-order valence-electron chi connectivity index (χ0n) is 23.5. The van der Waals surface area contributed by atoms with Gasteiger partial charge >= 0.3 is 6.03 Å². The summed E-state index contributed by atoms with van der Waals surface area (Å²) >= 11 is 1.85. The van der Waals surface area contributed by atoms with Crippen LogP contribution in [0.15, 0.2) is 52.1 Å². The van der Waals surface area contributed by atoms with Gasteiger partial charge in [0.15, 0.2) is 0 Å². The van der Waals surface area contributed by atoms with Gasteiger partial charge in [0.1, 0.15) is 0 Å². The summed E-state index contributed by atoms with van der Waals surface area (Å²) in [6.07, 6.45) is 6.80. The van der Waals surface area contributed by atoms with Gasteiger partial charge in [-0.05, 0) is 42.3 Å². The first-order valence-corrected chi connectivity index (χ1v) is 18.1. The minimum atomic E-state index is -3.85. The van der Waals surface area contributed by atoms with Crippen molar-refractivity contribution in [3.63, 3.8) is 0 Å². The molecule has 4 amide bonds. The molecule has 0 aliphatic carbocycles. The van der Waals surface area contributed by atoms with Gasteiger partial charge in [0.05, 0.1) is 30.3 Å². The topological polar surface area (TPSA) is 215 Å². The Morgan fingerprint density at radius 2 is 1.63 bits per heavy atom. The Hall–Kier alpha value is -3.71. The number of hydrogen-bond acceptors (Lipinski definition) is 10. The van der Waals surface area contributed by atoms with E-state index in [0.29, 0.717) is 25.2 Å². The van der Waals surface area contributed by atoms with Crippen LogP contribution < -0.4 is 26.9 Å². The molecule has 234 valence electrons. The number of nitrogens with one attached hydrogen (secondary N) is 4. The van der Waals surface area contributed by atoms with Gasteiger partial charge < -0.3 is 21.3 Å². The Labute approximate surface area is 252 Å². The molecule has 3 unspecified atom stereocenters. The second-order valence-electron chi connectivity index (χ2n) is 10.0. The van der Waals surface area contributed by atoms with E-state index in [0.717, 1.165) is 49.9 Å². The van der Waals surface area contributed by atoms with E-state index in [2.05, 4.69) is 36.7 Å². The molecule has 2 saturated heterocycles. The Morgan fingerprint density at radius 3 is 2.28 bits per heavy atom. The molecular formula is C24H33N9O7S3. The summed E-state index contributed by atoms with van der Waals surface area (Å²) in [5, 5.41) is 22.8. The number of imidazole rings is 1. The van der Waals surface area contributed by atoms with Crippen molar-refractivity contribution in [2.45, 2.75) is 43.0 Å². The summed E-state index contributed by atoms with van der Waals surface area (Å²) < 4.78 is 49.1. The third-order valence-electron chi connectivity index (χ3n) is 6.68. The highest BCUT2D eigenvalue weighted by Gasteiger charge is 2.42. The molecule has 0 bridgehead atoms. The monoisotopic (exact) mass is 655 g/mol. The summed E-state index contributed by atoms with van der Waals surface area (Å²) in [6.45, 7) is 0.515. The molecule has 43 heavy (non-hydrogen) atoms. The molecule has 1 aromatic heterocycles. The summed E-state index contributed by atoms with van der Waals surface area (Å²) in [5.74, 6) is 0.460. The number of unbranched alkanes of at least 4 members (excludes halogenated alkanes) is 1. The van der Waals surface area contributed by atoms with Gasteiger partial charge in [-0.15, -0.1) is 5.11 Å². The zero-order chi connectivity index (χ0) is 31.2. The van der Waals surface area contributed by atoms with Crippen molar-refractivity contribution in [2.24, 2.45) is 15.4 Å². The van der Waals surface area contributed by atoms with Gasteiger partial charge in [0.2, 0.25) is 26.0 Å². The highest BCUT2D eigenvalue weighted by Crippen LogP contribution is 2.33. The molecule has 0 saturated carbocycles. The van der Waals surface area contributed by atoms with E-state index in [1.54, 1.807) is 0 Å². The van der Waals surface area contributed by atoms with Crippen LogP contribution >= 0.6 is 11.8 Å². The average molecular weight is 656 g/mol. The molecule has 1 aromatic carbocycles. The van der Waals surface area contributed by atoms with E-state index in [-0.39, 0.29) is 48.7 Å². The lowest BCUT2D eigenvalue weighted by molar-refractivity contribution is -0.121. The summed E-state index contributed by atoms with van der Waals surface area (Å²) in [6, 6.07) is 6.21. The maximum Gasteiger partial charge on any atom is 0.315 e. The van der Waals surface area contributed by atoms with Crippen molar-refractivity contribution in [3.8, 4) is 0 Å². The largest absolute Gasteiger partial charge is 0.354 e. The van der Waals surface area contributed by atoms with Crippen molar-refractivity contribution >= 4 is 55.3 Å². The first kappa shape index (κ1) is 32.2. The fourth-order valence-corrected chi connectivity index (χ4v) is 7.58. The normalized spacial score (nSPS) is 20.0. The third-order valence-corrected chi connectivity index (χ3v) is 10.2. The Bertz CT molecular complexity index is 1610. The number of hydrogen-bond donors (Lipinski definition) is 4. The number of amides is 4. The maximum atomic E-state index is 12.4. The first-order valence-electron chi connectivity index (χ1n) is 13.3. The lowest BCUT2D eigenvalue weighted by atomic mass is 10.0. The van der Waals surface area contributed by atoms with Crippen LogP contribution in [0.4, 0.5) is 10.5 Å². The number of carbonyl (C=O) groups excluding carboxylic acids is 3. The minimum Gasteiger partial charge on any atom is -0.354 e. The van der Waals surface area contributed by atoms with E-state index < -0.39 is 25.7 Å². The van der Waals surface area contributed by atoms with Gasteiger partial charge in [-0.2, -0.15) is 11.8 Å². The predicted molar refractivity (Wildman–Crippen MR) is 159 cm³/mol. The molecule has 2 aromatic rings. The van der Waals surface area contributed by atoms with E-state index in [9.17, 15) is 31.2 Å². The van der Waals surface area contributed by atoms with E-state index in [1.807, 2.05) is 11.8 Å². The van der Waals surface area contributed by atoms with Crippen LogP contribution in [-0.4, -0.2) is 91.3 Å². The molecule has 16 nitrogen and oxygen atoms in total. The van der Waals surface area contributed by atoms with Crippen LogP contribution in [0.3, 0.4) is 0 Å². The van der Waals surface area contributed by atoms with Crippen LogP contribution in [0.5, 0.6) is 0 Å². The van der Waals surface area contributed by atoms with Crippen LogP contribution in [0.2, 0.25) is 0 Å². The lowest BCUT2D eigenvalue weighted by Gasteiger charge is -2.16. The number of thioether (sulfide) groups is 1. The van der Waals surface area contributed by atoms with Crippen molar-refractivity contribution in [1.29, 1.82) is 0 Å². The number of aromatic nitrogens is 2. The number of urea groups is 1. The van der Waals surface area contributed by atoms with E-state index >= 15 is 0 Å². The molecule has 3 atom stereocenters. The number of benzene rings is 1. The number of rotatable bonds is 13. The quantitative estimate of drug-likeness (QED) is 0.100. The number of fused-ring (bicyclic) bond motifs is 1. The van der Waals surface area contributed by atoms with Crippen molar-refractivity contribution in [3.05, 3.63) is 47.8 Å². The highest BCUT2D eigenvalue weighted by molar-refractivity contribution is 8.00. The molecule has 2 aliphatic rings. The average Bonchev–Trinajstić information content (AvgIpc) is 3.63. The standard InChI is InChI=1S/C24H33N9O7S3/c1-42(37,38)32-13-14-33(43(2,39)40)24(32)30-31-29-17-9-7-16(8-10-17)22(35)26-12-11-25-20(34)6-4-3-5-19-21-18(15-41-19)27-23(36)28-21/h7-10,13-14,18-19,21H,3-6,11-12,15H2,1-2H3,(H,25,34)(H,26,35)(H2,27,28,36). The Balaban J connectivity index is 1.18. The molecule has 2 aliphatic heterocycles. The summed E-state index contributed by atoms with van der Waals surface area (Å²) in [4.78, 5) is 36.0. The first-order chi connectivity index (χ1) is 20.3. The molecule has 0 spiro atoms. The van der Waals surface area contributed by atoms with Crippen molar-refractivity contribution in [2.75, 3.05) is 31.4 Å². The molecular weight excluding hydrogens is 623 g/mol. The van der Waals surface area contributed by atoms with Gasteiger partial charge in [0, 0.05) is 48.5 Å².